The maximum Gasteiger partial charge on any atom is 0.309 e. The molecule has 164 valence electrons. The summed E-state index contributed by atoms with van der Waals surface area (Å²) in [6, 6.07) is 4.82. The van der Waals surface area contributed by atoms with Crippen molar-refractivity contribution in [3.63, 3.8) is 0 Å². The summed E-state index contributed by atoms with van der Waals surface area (Å²) < 4.78 is 32.9. The first-order valence-electron chi connectivity index (χ1n) is 10.6. The van der Waals surface area contributed by atoms with Crippen LogP contribution in [0.1, 0.15) is 50.5 Å². The zero-order valence-corrected chi connectivity index (χ0v) is 18.2. The van der Waals surface area contributed by atoms with E-state index in [4.69, 9.17) is 4.74 Å². The zero-order valence-electron chi connectivity index (χ0n) is 17.4. The summed E-state index contributed by atoms with van der Waals surface area (Å²) >= 11 is 0. The van der Waals surface area contributed by atoms with Crippen molar-refractivity contribution in [3.8, 4) is 0 Å². The summed E-state index contributed by atoms with van der Waals surface area (Å²) in [4.78, 5) is 24.5. The molecule has 30 heavy (non-hydrogen) atoms. The summed E-state index contributed by atoms with van der Waals surface area (Å²) in [7, 11) is -3.62. The number of anilines is 1. The van der Waals surface area contributed by atoms with E-state index < -0.39 is 15.9 Å². The van der Waals surface area contributed by atoms with Crippen LogP contribution in [0, 0.1) is 12.8 Å². The highest BCUT2D eigenvalue weighted by Crippen LogP contribution is 2.26. The summed E-state index contributed by atoms with van der Waals surface area (Å²) in [6.45, 7) is 2.40. The molecule has 0 radical (unpaired) electrons. The minimum absolute atomic E-state index is 0.201. The third-order valence-corrected chi connectivity index (χ3v) is 7.64. The number of rotatable bonds is 6. The van der Waals surface area contributed by atoms with Crippen LogP contribution in [0.4, 0.5) is 5.69 Å². The number of aryl methyl sites for hydroxylation is 1. The molecule has 1 aliphatic carbocycles. The maximum atomic E-state index is 13.1. The predicted octanol–water partition coefficient (Wildman–Crippen LogP) is 3.40. The number of hydrogen-bond donors (Lipinski definition) is 1. The molecule has 1 aromatic carbocycles. The average molecular weight is 435 g/mol. The Morgan fingerprint density at radius 2 is 1.87 bits per heavy atom. The number of esters is 1. The fraction of sp³-hybridized carbons (Fsp3) is 0.545. The van der Waals surface area contributed by atoms with Gasteiger partial charge in [0.15, 0.2) is 6.61 Å². The lowest BCUT2D eigenvalue weighted by atomic mass is 9.95. The molecule has 7 nitrogen and oxygen atoms in total. The number of nitrogens with one attached hydrogen (secondary N) is 1. The van der Waals surface area contributed by atoms with Gasteiger partial charge in [-0.2, -0.15) is 4.31 Å². The summed E-state index contributed by atoms with van der Waals surface area (Å²) in [6.07, 6.45) is 9.98. The number of ether oxygens (including phenoxy) is 1. The van der Waals surface area contributed by atoms with Gasteiger partial charge in [0.2, 0.25) is 10.0 Å². The van der Waals surface area contributed by atoms with E-state index in [2.05, 4.69) is 5.32 Å². The van der Waals surface area contributed by atoms with Gasteiger partial charge < -0.3 is 10.1 Å². The van der Waals surface area contributed by atoms with Crippen LogP contribution >= 0.6 is 0 Å². The first-order valence-corrected chi connectivity index (χ1v) is 12.0. The molecule has 0 spiro atoms. The van der Waals surface area contributed by atoms with Gasteiger partial charge in [-0.25, -0.2) is 8.42 Å². The van der Waals surface area contributed by atoms with Crippen LogP contribution in [0.25, 0.3) is 0 Å². The molecular formula is C22H30N2O5S. The Morgan fingerprint density at radius 1 is 1.13 bits per heavy atom. The van der Waals surface area contributed by atoms with E-state index in [0.29, 0.717) is 30.8 Å². The van der Waals surface area contributed by atoms with Crippen LogP contribution in [0.5, 0.6) is 0 Å². The van der Waals surface area contributed by atoms with Gasteiger partial charge in [-0.05, 0) is 56.7 Å². The maximum absolute atomic E-state index is 13.1. The molecule has 2 aliphatic rings. The SMILES string of the molecule is Cc1ccc(NC(=O)COC(=O)C2CC=CCC2)cc1S(=O)(=O)N1CCCCCC1. The van der Waals surface area contributed by atoms with Crippen molar-refractivity contribution in [2.24, 2.45) is 5.92 Å². The smallest absolute Gasteiger partial charge is 0.309 e. The van der Waals surface area contributed by atoms with Gasteiger partial charge in [-0.15, -0.1) is 0 Å². The van der Waals surface area contributed by atoms with E-state index >= 15 is 0 Å². The molecule has 1 saturated heterocycles. The molecule has 1 aliphatic heterocycles. The van der Waals surface area contributed by atoms with E-state index in [9.17, 15) is 18.0 Å². The van der Waals surface area contributed by atoms with E-state index in [1.165, 1.54) is 10.4 Å². The molecule has 1 N–H and O–H groups in total. The van der Waals surface area contributed by atoms with E-state index in [0.717, 1.165) is 38.5 Å². The number of allylic oxidation sites excluding steroid dienone is 2. The van der Waals surface area contributed by atoms with Gasteiger partial charge >= 0.3 is 5.97 Å². The number of carbonyl (C=O) groups is 2. The van der Waals surface area contributed by atoms with Crippen molar-refractivity contribution < 1.29 is 22.7 Å². The quantitative estimate of drug-likeness (QED) is 0.547. The van der Waals surface area contributed by atoms with Crippen LogP contribution in [-0.4, -0.2) is 44.3 Å². The fourth-order valence-corrected chi connectivity index (χ4v) is 5.60. The van der Waals surface area contributed by atoms with Crippen molar-refractivity contribution in [1.29, 1.82) is 0 Å². The minimum atomic E-state index is -3.62. The highest BCUT2D eigenvalue weighted by molar-refractivity contribution is 7.89. The van der Waals surface area contributed by atoms with E-state index in [1.807, 2.05) is 12.2 Å². The molecular weight excluding hydrogens is 404 g/mol. The van der Waals surface area contributed by atoms with Gasteiger partial charge in [-0.3, -0.25) is 9.59 Å². The summed E-state index contributed by atoms with van der Waals surface area (Å²) in [5.74, 6) is -1.06. The molecule has 3 rings (SSSR count). The lowest BCUT2D eigenvalue weighted by Crippen LogP contribution is -2.32. The lowest BCUT2D eigenvalue weighted by Gasteiger charge is -2.21. The number of benzene rings is 1. The van der Waals surface area contributed by atoms with E-state index in [1.54, 1.807) is 19.1 Å². The minimum Gasteiger partial charge on any atom is -0.455 e. The normalized spacial score (nSPS) is 20.4. The third-order valence-electron chi connectivity index (χ3n) is 5.60. The molecule has 0 bridgehead atoms. The number of carbonyl (C=O) groups excluding carboxylic acids is 2. The molecule has 1 atom stereocenters. The third kappa shape index (κ3) is 5.70. The number of amides is 1. The number of sulfonamides is 1. The molecule has 1 aromatic rings. The Hall–Kier alpha value is -2.19. The standard InChI is InChI=1S/C22H30N2O5S/c1-17-11-12-19(15-20(17)30(27,28)24-13-7-2-3-8-14-24)23-21(25)16-29-22(26)18-9-5-4-6-10-18/h4-5,11-12,15,18H,2-3,6-10,13-14,16H2,1H3,(H,23,25). The molecule has 0 aromatic heterocycles. The number of hydrogen-bond acceptors (Lipinski definition) is 5. The predicted molar refractivity (Wildman–Crippen MR) is 114 cm³/mol. The van der Waals surface area contributed by atoms with Crippen LogP contribution in [-0.2, 0) is 24.3 Å². The second kappa shape index (κ2) is 10.2. The lowest BCUT2D eigenvalue weighted by molar-refractivity contribution is -0.151. The van der Waals surface area contributed by atoms with Crippen LogP contribution in [0.2, 0.25) is 0 Å². The Bertz CT molecular complexity index is 902. The van der Waals surface area contributed by atoms with Crippen molar-refractivity contribution in [2.75, 3.05) is 25.0 Å². The van der Waals surface area contributed by atoms with Crippen molar-refractivity contribution in [1.82, 2.24) is 4.31 Å². The van der Waals surface area contributed by atoms with Crippen LogP contribution in [0.15, 0.2) is 35.2 Å². The Kier molecular flexibility index (Phi) is 7.66. The van der Waals surface area contributed by atoms with Gasteiger partial charge in [0.1, 0.15) is 0 Å². The van der Waals surface area contributed by atoms with Crippen molar-refractivity contribution in [2.45, 2.75) is 56.8 Å². The van der Waals surface area contributed by atoms with Crippen LogP contribution < -0.4 is 5.32 Å². The molecule has 1 heterocycles. The van der Waals surface area contributed by atoms with Gasteiger partial charge in [0.25, 0.3) is 5.91 Å². The molecule has 8 heteroatoms. The average Bonchev–Trinajstić information content (AvgIpc) is 3.04. The zero-order chi connectivity index (χ0) is 21.6. The Labute approximate surface area is 178 Å². The van der Waals surface area contributed by atoms with Gasteiger partial charge in [0.05, 0.1) is 10.8 Å². The molecule has 1 amide bonds. The molecule has 1 unspecified atom stereocenters. The molecule has 1 fully saturated rings. The fourth-order valence-electron chi connectivity index (χ4n) is 3.84. The first-order chi connectivity index (χ1) is 14.4. The highest BCUT2D eigenvalue weighted by Gasteiger charge is 2.27. The van der Waals surface area contributed by atoms with E-state index in [-0.39, 0.29) is 23.4 Å². The van der Waals surface area contributed by atoms with Gasteiger partial charge in [0, 0.05) is 18.8 Å². The highest BCUT2D eigenvalue weighted by atomic mass is 32.2. The van der Waals surface area contributed by atoms with Crippen molar-refractivity contribution in [3.05, 3.63) is 35.9 Å². The summed E-state index contributed by atoms with van der Waals surface area (Å²) in [5.41, 5.74) is 1.00. The second-order valence-corrected chi connectivity index (χ2v) is 9.84. The second-order valence-electron chi connectivity index (χ2n) is 7.94. The Balaban J connectivity index is 1.63. The van der Waals surface area contributed by atoms with Crippen molar-refractivity contribution >= 4 is 27.6 Å². The summed E-state index contributed by atoms with van der Waals surface area (Å²) in [5, 5.41) is 2.64. The number of nitrogens with zero attached hydrogens (tertiary/aromatic N) is 1. The largest absolute Gasteiger partial charge is 0.455 e. The first kappa shape index (κ1) is 22.5. The molecule has 0 saturated carbocycles. The van der Waals surface area contributed by atoms with Crippen LogP contribution in [0.3, 0.4) is 0 Å². The Morgan fingerprint density at radius 3 is 2.53 bits per heavy atom. The van der Waals surface area contributed by atoms with Gasteiger partial charge in [-0.1, -0.05) is 31.1 Å². The topological polar surface area (TPSA) is 92.8 Å². The monoisotopic (exact) mass is 434 g/mol.